The predicted molar refractivity (Wildman–Crippen MR) is 181 cm³/mol. The molecular formula is C36H35BrF3N3O4S. The van der Waals surface area contributed by atoms with Gasteiger partial charge < -0.3 is 10.2 Å². The number of nitrogens with one attached hydrogen (secondary N) is 1. The van der Waals surface area contributed by atoms with Crippen LogP contribution in [0.4, 0.5) is 18.9 Å². The molecule has 0 aromatic heterocycles. The van der Waals surface area contributed by atoms with E-state index in [4.69, 9.17) is 0 Å². The zero-order chi connectivity index (χ0) is 34.3. The van der Waals surface area contributed by atoms with Crippen LogP contribution in [0.2, 0.25) is 0 Å². The lowest BCUT2D eigenvalue weighted by Crippen LogP contribution is -2.54. The van der Waals surface area contributed by atoms with Gasteiger partial charge in [0.05, 0.1) is 16.1 Å². The topological polar surface area (TPSA) is 86.8 Å². The molecule has 0 heterocycles. The predicted octanol–water partition coefficient (Wildman–Crippen LogP) is 7.36. The maximum Gasteiger partial charge on any atom is 0.416 e. The number of nitrogens with zero attached hydrogens (tertiary/aromatic N) is 2. The van der Waals surface area contributed by atoms with E-state index in [9.17, 15) is 31.2 Å². The number of hydrogen-bond acceptors (Lipinski definition) is 4. The van der Waals surface area contributed by atoms with E-state index in [0.717, 1.165) is 47.9 Å². The minimum Gasteiger partial charge on any atom is -0.352 e. The molecule has 1 N–H and O–H groups in total. The summed E-state index contributed by atoms with van der Waals surface area (Å²) < 4.78 is 71.0. The molecule has 4 aromatic rings. The third kappa shape index (κ3) is 8.84. The Hall–Kier alpha value is -4.16. The van der Waals surface area contributed by atoms with Crippen molar-refractivity contribution in [2.24, 2.45) is 0 Å². The monoisotopic (exact) mass is 741 g/mol. The van der Waals surface area contributed by atoms with E-state index in [-0.39, 0.29) is 35.5 Å². The van der Waals surface area contributed by atoms with Crippen molar-refractivity contribution >= 4 is 43.5 Å². The fourth-order valence-electron chi connectivity index (χ4n) is 5.79. The molecule has 1 fully saturated rings. The van der Waals surface area contributed by atoms with Crippen molar-refractivity contribution in [3.8, 4) is 0 Å². The molecule has 7 nitrogen and oxygen atoms in total. The number of rotatable bonds is 12. The fourth-order valence-corrected chi connectivity index (χ4v) is 7.49. The lowest BCUT2D eigenvalue weighted by molar-refractivity contribution is -0.140. The second kappa shape index (κ2) is 15.4. The maximum atomic E-state index is 14.5. The van der Waals surface area contributed by atoms with Gasteiger partial charge in [-0.05, 0) is 66.4 Å². The SMILES string of the molecule is O=C(NC1CCCC1)[C@H](Cc1ccccc1)N(Cc1ccc(Br)cc1)C(=O)CN(c1cccc(C(F)(F)F)c1)S(=O)(=O)c1ccccc1. The Morgan fingerprint density at radius 1 is 0.833 bits per heavy atom. The maximum absolute atomic E-state index is 14.5. The number of carbonyl (C=O) groups excluding carboxylic acids is 2. The van der Waals surface area contributed by atoms with Crippen LogP contribution in [-0.4, -0.2) is 43.8 Å². The first-order chi connectivity index (χ1) is 22.9. The van der Waals surface area contributed by atoms with Gasteiger partial charge in [-0.25, -0.2) is 8.42 Å². The first-order valence-corrected chi connectivity index (χ1v) is 17.8. The zero-order valence-electron chi connectivity index (χ0n) is 25.9. The quantitative estimate of drug-likeness (QED) is 0.165. The van der Waals surface area contributed by atoms with Gasteiger partial charge in [0.1, 0.15) is 12.6 Å². The summed E-state index contributed by atoms with van der Waals surface area (Å²) >= 11 is 3.41. The molecule has 0 spiro atoms. The summed E-state index contributed by atoms with van der Waals surface area (Å²) in [7, 11) is -4.54. The number of carbonyl (C=O) groups is 2. The summed E-state index contributed by atoms with van der Waals surface area (Å²) in [4.78, 5) is 29.7. The highest BCUT2D eigenvalue weighted by Crippen LogP contribution is 2.33. The number of alkyl halides is 3. The average molecular weight is 743 g/mol. The minimum atomic E-state index is -4.76. The van der Waals surface area contributed by atoms with Crippen molar-refractivity contribution in [1.82, 2.24) is 10.2 Å². The molecule has 0 unspecified atom stereocenters. The van der Waals surface area contributed by atoms with Crippen molar-refractivity contribution in [3.05, 3.63) is 130 Å². The molecule has 1 aliphatic carbocycles. The van der Waals surface area contributed by atoms with E-state index in [0.29, 0.717) is 15.9 Å². The highest BCUT2D eigenvalue weighted by atomic mass is 79.9. The van der Waals surface area contributed by atoms with Gasteiger partial charge in [-0.3, -0.25) is 13.9 Å². The van der Waals surface area contributed by atoms with Crippen LogP contribution in [-0.2, 0) is 38.8 Å². The first kappa shape index (κ1) is 35.2. The third-order valence-corrected chi connectivity index (χ3v) is 10.6. The molecule has 1 aliphatic rings. The second-order valence-electron chi connectivity index (χ2n) is 11.7. The normalized spacial score (nSPS) is 14.3. The van der Waals surface area contributed by atoms with Crippen molar-refractivity contribution in [2.75, 3.05) is 10.8 Å². The van der Waals surface area contributed by atoms with Gasteiger partial charge in [-0.1, -0.05) is 95.5 Å². The summed E-state index contributed by atoms with van der Waals surface area (Å²) in [6, 6.07) is 26.3. The van der Waals surface area contributed by atoms with Crippen molar-refractivity contribution in [1.29, 1.82) is 0 Å². The molecule has 2 amide bonds. The number of anilines is 1. The van der Waals surface area contributed by atoms with Gasteiger partial charge in [-0.2, -0.15) is 13.2 Å². The Bertz CT molecular complexity index is 1800. The summed E-state index contributed by atoms with van der Waals surface area (Å²) in [5, 5.41) is 3.10. The molecule has 1 atom stereocenters. The number of sulfonamides is 1. The summed E-state index contributed by atoms with van der Waals surface area (Å²) in [6.07, 6.45) is -1.06. The number of benzene rings is 4. The summed E-state index contributed by atoms with van der Waals surface area (Å²) in [5.74, 6) is -1.13. The smallest absolute Gasteiger partial charge is 0.352 e. The second-order valence-corrected chi connectivity index (χ2v) is 14.5. The number of hydrogen-bond donors (Lipinski definition) is 1. The van der Waals surface area contributed by atoms with Gasteiger partial charge >= 0.3 is 6.18 Å². The van der Waals surface area contributed by atoms with Gasteiger partial charge in [-0.15, -0.1) is 0 Å². The number of halogens is 4. The van der Waals surface area contributed by atoms with Crippen LogP contribution < -0.4 is 9.62 Å². The lowest BCUT2D eigenvalue weighted by Gasteiger charge is -2.34. The van der Waals surface area contributed by atoms with Crippen LogP contribution in [0.3, 0.4) is 0 Å². The molecular weight excluding hydrogens is 707 g/mol. The van der Waals surface area contributed by atoms with Crippen LogP contribution in [0.15, 0.2) is 119 Å². The first-order valence-electron chi connectivity index (χ1n) is 15.5. The summed E-state index contributed by atoms with van der Waals surface area (Å²) in [5.41, 5.74) is 0.0603. The van der Waals surface area contributed by atoms with Crippen molar-refractivity contribution < 1.29 is 31.2 Å². The molecule has 48 heavy (non-hydrogen) atoms. The molecule has 4 aromatic carbocycles. The Labute approximate surface area is 286 Å². The Morgan fingerprint density at radius 2 is 1.46 bits per heavy atom. The van der Waals surface area contributed by atoms with Crippen LogP contribution in [0.25, 0.3) is 0 Å². The van der Waals surface area contributed by atoms with E-state index in [1.165, 1.54) is 35.2 Å². The summed E-state index contributed by atoms with van der Waals surface area (Å²) in [6.45, 7) is -0.902. The van der Waals surface area contributed by atoms with Crippen LogP contribution >= 0.6 is 15.9 Å². The standard InChI is InChI=1S/C36H35BrF3N3O4S/c37-29-20-18-27(19-21-29)24-42(33(22-26-10-3-1-4-11-26)35(45)41-30-13-7-8-14-30)34(44)25-43(48(46,47)32-16-5-2-6-17-32)31-15-9-12-28(23-31)36(38,39)40/h1-6,9-12,15-21,23,30,33H,7-8,13-14,22,24-25H2,(H,41,45)/t33-/m0/s1. The molecule has 12 heteroatoms. The van der Waals surface area contributed by atoms with E-state index in [2.05, 4.69) is 21.2 Å². The molecule has 5 rings (SSSR count). The minimum absolute atomic E-state index is 0.0521. The van der Waals surface area contributed by atoms with Crippen molar-refractivity contribution in [2.45, 2.75) is 61.8 Å². The van der Waals surface area contributed by atoms with Gasteiger partial charge in [0.2, 0.25) is 11.8 Å². The van der Waals surface area contributed by atoms with Crippen molar-refractivity contribution in [3.63, 3.8) is 0 Å². The van der Waals surface area contributed by atoms with E-state index < -0.39 is 40.3 Å². The Morgan fingerprint density at radius 3 is 2.08 bits per heavy atom. The number of amides is 2. The third-order valence-electron chi connectivity index (χ3n) is 8.31. The molecule has 0 radical (unpaired) electrons. The van der Waals surface area contributed by atoms with E-state index in [1.54, 1.807) is 30.3 Å². The Kier molecular flexibility index (Phi) is 11.3. The molecule has 1 saturated carbocycles. The van der Waals surface area contributed by atoms with Gasteiger partial charge in [0.25, 0.3) is 10.0 Å². The van der Waals surface area contributed by atoms with E-state index in [1.807, 2.05) is 30.3 Å². The molecule has 0 saturated heterocycles. The zero-order valence-corrected chi connectivity index (χ0v) is 28.3. The molecule has 252 valence electrons. The van der Waals surface area contributed by atoms with E-state index >= 15 is 0 Å². The van der Waals surface area contributed by atoms with Crippen LogP contribution in [0.5, 0.6) is 0 Å². The van der Waals surface area contributed by atoms with Gasteiger partial charge in [0.15, 0.2) is 0 Å². The highest BCUT2D eigenvalue weighted by Gasteiger charge is 2.37. The molecule has 0 aliphatic heterocycles. The van der Waals surface area contributed by atoms with Crippen LogP contribution in [0, 0.1) is 0 Å². The van der Waals surface area contributed by atoms with Gasteiger partial charge in [0, 0.05) is 23.5 Å². The fraction of sp³-hybridized carbons (Fsp3) is 0.278. The largest absolute Gasteiger partial charge is 0.416 e. The Balaban J connectivity index is 1.59. The lowest BCUT2D eigenvalue weighted by atomic mass is 10.0. The molecule has 0 bridgehead atoms. The highest BCUT2D eigenvalue weighted by molar-refractivity contribution is 9.10. The average Bonchev–Trinajstić information content (AvgIpc) is 3.59. The van der Waals surface area contributed by atoms with Crippen LogP contribution in [0.1, 0.15) is 42.4 Å².